The van der Waals surface area contributed by atoms with Crippen molar-refractivity contribution < 1.29 is 4.79 Å². The van der Waals surface area contributed by atoms with Crippen LogP contribution in [0.1, 0.15) is 34.4 Å². The van der Waals surface area contributed by atoms with Crippen molar-refractivity contribution >= 4 is 22.4 Å². The number of hydrogen-bond acceptors (Lipinski definition) is 6. The highest BCUT2D eigenvalue weighted by atomic mass is 32.1. The first kappa shape index (κ1) is 14.9. The summed E-state index contributed by atoms with van der Waals surface area (Å²) in [6.07, 6.45) is 8.25. The first-order valence-corrected chi connectivity index (χ1v) is 8.62. The molecule has 1 amide bonds. The first-order valence-electron chi connectivity index (χ1n) is 7.81. The number of carbonyl (C=O) groups excluding carboxylic acids is 1. The van der Waals surface area contributed by atoms with Crippen molar-refractivity contribution in [2.45, 2.75) is 26.2 Å². The molecule has 0 aliphatic heterocycles. The minimum atomic E-state index is -0.293. The lowest BCUT2D eigenvalue weighted by Gasteiger charge is -2.15. The van der Waals surface area contributed by atoms with E-state index in [9.17, 15) is 4.79 Å². The number of fused-ring (bicyclic) bond motifs is 1. The van der Waals surface area contributed by atoms with Gasteiger partial charge in [0, 0.05) is 17.3 Å². The monoisotopic (exact) mass is 340 g/mol. The maximum Gasteiger partial charge on any atom is 0.277 e. The van der Waals surface area contributed by atoms with Gasteiger partial charge in [0.1, 0.15) is 6.33 Å². The normalized spacial score (nSPS) is 16.6. The van der Waals surface area contributed by atoms with Crippen LogP contribution < -0.4 is 5.32 Å². The molecule has 122 valence electrons. The molecule has 3 aromatic rings. The van der Waals surface area contributed by atoms with E-state index in [4.69, 9.17) is 0 Å². The van der Waals surface area contributed by atoms with E-state index >= 15 is 0 Å². The topological polar surface area (TPSA) is 85.6 Å². The van der Waals surface area contributed by atoms with Gasteiger partial charge < -0.3 is 0 Å². The quantitative estimate of drug-likeness (QED) is 0.792. The maximum atomic E-state index is 12.3. The molecule has 1 N–H and O–H groups in total. The largest absolute Gasteiger partial charge is 0.296 e. The molecule has 3 heterocycles. The van der Waals surface area contributed by atoms with Crippen molar-refractivity contribution in [3.05, 3.63) is 47.1 Å². The van der Waals surface area contributed by atoms with Gasteiger partial charge in [-0.3, -0.25) is 14.7 Å². The first-order chi connectivity index (χ1) is 11.7. The molecule has 3 aromatic heterocycles. The second-order valence-electron chi connectivity index (χ2n) is 5.94. The van der Waals surface area contributed by atoms with E-state index in [-0.39, 0.29) is 11.6 Å². The van der Waals surface area contributed by atoms with Gasteiger partial charge in [-0.15, -0.1) is 21.5 Å². The number of nitrogens with one attached hydrogen (secondary N) is 1. The molecule has 0 radical (unpaired) electrons. The number of amides is 1. The SMILES string of the molecule is CC1CCc2nc(NC(=O)c3ccc(-n4ccnc4)nn3)sc2C1. The van der Waals surface area contributed by atoms with Crippen LogP contribution in [0.4, 0.5) is 5.13 Å². The van der Waals surface area contributed by atoms with Crippen molar-refractivity contribution in [3.8, 4) is 5.82 Å². The lowest BCUT2D eigenvalue weighted by atomic mass is 9.93. The summed E-state index contributed by atoms with van der Waals surface area (Å²) in [4.78, 5) is 22.1. The Morgan fingerprint density at radius 3 is 3.04 bits per heavy atom. The second-order valence-corrected chi connectivity index (χ2v) is 7.02. The fourth-order valence-corrected chi connectivity index (χ4v) is 3.90. The fraction of sp³-hybridized carbons (Fsp3) is 0.312. The predicted molar refractivity (Wildman–Crippen MR) is 90.4 cm³/mol. The third-order valence-corrected chi connectivity index (χ3v) is 5.09. The standard InChI is InChI=1S/C16H16N6OS/c1-10-2-3-11-13(8-10)24-16(18-11)19-15(23)12-4-5-14(21-20-12)22-7-6-17-9-22/h4-7,9-10H,2-3,8H2,1H3,(H,18,19,23). The van der Waals surface area contributed by atoms with E-state index in [1.54, 1.807) is 46.8 Å². The van der Waals surface area contributed by atoms with Gasteiger partial charge in [-0.25, -0.2) is 9.97 Å². The molecular weight excluding hydrogens is 324 g/mol. The predicted octanol–water partition coefficient (Wildman–Crippen LogP) is 2.50. The summed E-state index contributed by atoms with van der Waals surface area (Å²) >= 11 is 1.56. The molecule has 7 nitrogen and oxygen atoms in total. The van der Waals surface area contributed by atoms with E-state index in [2.05, 4.69) is 32.4 Å². The number of aryl methyl sites for hydroxylation is 1. The summed E-state index contributed by atoms with van der Waals surface area (Å²) in [5.74, 6) is 1.00. The molecule has 24 heavy (non-hydrogen) atoms. The smallest absolute Gasteiger partial charge is 0.277 e. The van der Waals surface area contributed by atoms with Crippen molar-refractivity contribution in [2.75, 3.05) is 5.32 Å². The highest BCUT2D eigenvalue weighted by Crippen LogP contribution is 2.32. The van der Waals surface area contributed by atoms with E-state index in [0.29, 0.717) is 16.9 Å². The number of aromatic nitrogens is 5. The highest BCUT2D eigenvalue weighted by Gasteiger charge is 2.21. The van der Waals surface area contributed by atoms with Gasteiger partial charge in [-0.1, -0.05) is 6.92 Å². The number of imidazole rings is 1. The Kier molecular flexibility index (Phi) is 3.81. The summed E-state index contributed by atoms with van der Waals surface area (Å²) in [5, 5.41) is 11.5. The number of anilines is 1. The number of thiazole rings is 1. The van der Waals surface area contributed by atoms with Gasteiger partial charge in [0.25, 0.3) is 5.91 Å². The Labute approximate surface area is 142 Å². The minimum absolute atomic E-state index is 0.264. The molecule has 4 rings (SSSR count). The van der Waals surface area contributed by atoms with Crippen LogP contribution in [-0.2, 0) is 12.8 Å². The number of carbonyl (C=O) groups is 1. The van der Waals surface area contributed by atoms with Crippen molar-refractivity contribution in [1.29, 1.82) is 0 Å². The van der Waals surface area contributed by atoms with E-state index in [1.165, 1.54) is 4.88 Å². The van der Waals surface area contributed by atoms with E-state index < -0.39 is 0 Å². The Morgan fingerprint density at radius 1 is 1.38 bits per heavy atom. The molecule has 0 saturated carbocycles. The summed E-state index contributed by atoms with van der Waals surface area (Å²) in [5.41, 5.74) is 1.38. The zero-order valence-electron chi connectivity index (χ0n) is 13.1. The molecule has 0 fully saturated rings. The molecule has 1 aliphatic rings. The van der Waals surface area contributed by atoms with Gasteiger partial charge >= 0.3 is 0 Å². The molecule has 0 saturated heterocycles. The molecule has 0 bridgehead atoms. The summed E-state index contributed by atoms with van der Waals surface area (Å²) < 4.78 is 1.73. The number of rotatable bonds is 3. The molecule has 8 heteroatoms. The van der Waals surface area contributed by atoms with Gasteiger partial charge in [-0.2, -0.15) is 0 Å². The third-order valence-electron chi connectivity index (χ3n) is 4.06. The minimum Gasteiger partial charge on any atom is -0.296 e. The van der Waals surface area contributed by atoms with Crippen LogP contribution in [0, 0.1) is 5.92 Å². The molecule has 1 aliphatic carbocycles. The fourth-order valence-electron chi connectivity index (χ4n) is 2.73. The zero-order valence-corrected chi connectivity index (χ0v) is 14.0. The molecule has 1 atom stereocenters. The number of nitrogens with zero attached hydrogens (tertiary/aromatic N) is 5. The Morgan fingerprint density at radius 2 is 2.29 bits per heavy atom. The van der Waals surface area contributed by atoms with Crippen LogP contribution in [0.5, 0.6) is 0 Å². The van der Waals surface area contributed by atoms with Crippen molar-refractivity contribution in [1.82, 2.24) is 24.7 Å². The average Bonchev–Trinajstić information content (AvgIpc) is 3.23. The Hall–Kier alpha value is -2.61. The summed E-state index contributed by atoms with van der Waals surface area (Å²) in [7, 11) is 0. The Bertz CT molecular complexity index is 855. The lowest BCUT2D eigenvalue weighted by Crippen LogP contribution is -2.15. The van der Waals surface area contributed by atoms with Gasteiger partial charge in [-0.05, 0) is 37.3 Å². The highest BCUT2D eigenvalue weighted by molar-refractivity contribution is 7.15. The van der Waals surface area contributed by atoms with Crippen molar-refractivity contribution in [2.24, 2.45) is 5.92 Å². The van der Waals surface area contributed by atoms with Crippen LogP contribution in [0.25, 0.3) is 5.82 Å². The average molecular weight is 340 g/mol. The summed E-state index contributed by atoms with van der Waals surface area (Å²) in [6, 6.07) is 3.38. The molecular formula is C16H16N6OS. The third kappa shape index (κ3) is 2.92. The van der Waals surface area contributed by atoms with Gasteiger partial charge in [0.05, 0.1) is 5.69 Å². The van der Waals surface area contributed by atoms with E-state index in [1.807, 2.05) is 0 Å². The zero-order chi connectivity index (χ0) is 16.5. The van der Waals surface area contributed by atoms with E-state index in [0.717, 1.165) is 25.0 Å². The lowest BCUT2D eigenvalue weighted by molar-refractivity contribution is 0.102. The molecule has 1 unspecified atom stereocenters. The van der Waals surface area contributed by atoms with Crippen LogP contribution in [0.3, 0.4) is 0 Å². The van der Waals surface area contributed by atoms with Crippen LogP contribution in [-0.4, -0.2) is 30.6 Å². The van der Waals surface area contributed by atoms with Crippen LogP contribution >= 0.6 is 11.3 Å². The van der Waals surface area contributed by atoms with Crippen molar-refractivity contribution in [3.63, 3.8) is 0 Å². The van der Waals surface area contributed by atoms with Gasteiger partial charge in [0.15, 0.2) is 16.6 Å². The number of hydrogen-bond donors (Lipinski definition) is 1. The molecule has 0 spiro atoms. The maximum absolute atomic E-state index is 12.3. The molecule has 0 aromatic carbocycles. The summed E-state index contributed by atoms with van der Waals surface area (Å²) in [6.45, 7) is 2.25. The van der Waals surface area contributed by atoms with Crippen LogP contribution in [0.15, 0.2) is 30.9 Å². The van der Waals surface area contributed by atoms with Gasteiger partial charge in [0.2, 0.25) is 0 Å². The van der Waals surface area contributed by atoms with Crippen LogP contribution in [0.2, 0.25) is 0 Å². The Balaban J connectivity index is 1.48. The second kappa shape index (κ2) is 6.12.